The largest absolute Gasteiger partial charge is 0.290 e. The third-order valence-corrected chi connectivity index (χ3v) is 4.03. The maximum absolute atomic E-state index is 12.1. The molecular weight excluding hydrogens is 283 g/mol. The minimum absolute atomic E-state index is 0. The number of carbonyl (C=O) groups is 2. The van der Waals surface area contributed by atoms with Gasteiger partial charge >= 0.3 is 0 Å². The van der Waals surface area contributed by atoms with E-state index in [9.17, 15) is 9.59 Å². The van der Waals surface area contributed by atoms with Crippen molar-refractivity contribution in [3.8, 4) is 0 Å². The van der Waals surface area contributed by atoms with Crippen LogP contribution >= 0.6 is 0 Å². The van der Waals surface area contributed by atoms with Crippen molar-refractivity contribution in [3.63, 3.8) is 0 Å². The van der Waals surface area contributed by atoms with Gasteiger partial charge in [0.05, 0.1) is 8.41 Å². The minimum Gasteiger partial charge on any atom is -0.290 e. The highest BCUT2D eigenvalue weighted by Gasteiger charge is 2.17. The summed E-state index contributed by atoms with van der Waals surface area (Å²) in [5.41, 5.74) is 1.28. The third-order valence-electron chi connectivity index (χ3n) is 4.03. The monoisotopic (exact) mass is 298 g/mol. The van der Waals surface area contributed by atoms with Crippen LogP contribution in [0, 0.1) is 0 Å². The summed E-state index contributed by atoms with van der Waals surface area (Å²) in [7, 11) is 0. The molecule has 0 atom stereocenters. The van der Waals surface area contributed by atoms with E-state index in [-0.39, 0.29) is 20.0 Å². The predicted molar refractivity (Wildman–Crippen MR) is 98.5 cm³/mol. The van der Waals surface area contributed by atoms with Gasteiger partial charge < -0.3 is 0 Å². The number of fused-ring (bicyclic) bond motifs is 3. The molecule has 2 nitrogen and oxygen atoms in total. The summed E-state index contributed by atoms with van der Waals surface area (Å²) in [4.78, 5) is 23.8. The Hall–Kier alpha value is -2.94. The van der Waals surface area contributed by atoms with Gasteiger partial charge in [-0.25, -0.2) is 0 Å². The second-order valence-corrected chi connectivity index (χ2v) is 5.35. The zero-order chi connectivity index (χ0) is 15.1. The van der Waals surface area contributed by atoms with E-state index in [4.69, 9.17) is 0 Å². The Labute approximate surface area is 135 Å². The molecule has 4 rings (SSSR count). The number of benzene rings is 3. The van der Waals surface area contributed by atoms with Crippen molar-refractivity contribution in [2.24, 2.45) is 0 Å². The summed E-state index contributed by atoms with van der Waals surface area (Å²) in [5.74, 6) is -0.271. The van der Waals surface area contributed by atoms with Crippen LogP contribution in [0.3, 0.4) is 0 Å². The summed E-state index contributed by atoms with van der Waals surface area (Å²) >= 11 is 0. The van der Waals surface area contributed by atoms with E-state index in [0.717, 1.165) is 27.1 Å². The van der Waals surface area contributed by atoms with Crippen LogP contribution in [-0.4, -0.2) is 20.0 Å². The average Bonchev–Trinajstić information content (AvgIpc) is 2.56. The lowest BCUT2D eigenvalue weighted by atomic mass is 9.90. The zero-order valence-corrected chi connectivity index (χ0v) is 11.7. The molecule has 0 unspecified atom stereocenters. The molecule has 1 aliphatic carbocycles. The predicted octanol–water partition coefficient (Wildman–Crippen LogP) is 2.90. The first-order valence-corrected chi connectivity index (χ1v) is 7.13. The summed E-state index contributed by atoms with van der Waals surface area (Å²) in [5, 5.41) is 4.38. The summed E-state index contributed by atoms with van der Waals surface area (Å²) in [6.45, 7) is 0. The summed E-state index contributed by atoms with van der Waals surface area (Å²) < 4.78 is 0. The lowest BCUT2D eigenvalue weighted by Gasteiger charge is -2.12. The first-order valence-electron chi connectivity index (χ1n) is 7.13. The molecule has 3 aromatic rings. The molecule has 110 valence electrons. The van der Waals surface area contributed by atoms with E-state index in [0.29, 0.717) is 5.57 Å². The van der Waals surface area contributed by atoms with Crippen molar-refractivity contribution in [1.82, 2.24) is 0 Å². The number of carbonyl (C=O) groups excluding carboxylic acids is 2. The molecule has 0 aromatic heterocycles. The van der Waals surface area contributed by atoms with Crippen LogP contribution in [0.25, 0.3) is 27.1 Å². The number of rotatable bonds is 1. The minimum atomic E-state index is -0.146. The van der Waals surface area contributed by atoms with E-state index in [1.165, 1.54) is 18.2 Å². The molecule has 0 saturated heterocycles. The SMILES string of the molecule is B.O=C1C=CC(=O)C(c2cccc3c2ccc2ccccc23)=C1. The fourth-order valence-corrected chi connectivity index (χ4v) is 2.99. The Kier molecular flexibility index (Phi) is 3.71. The maximum Gasteiger partial charge on any atom is 0.186 e. The van der Waals surface area contributed by atoms with Crippen molar-refractivity contribution < 1.29 is 9.59 Å². The van der Waals surface area contributed by atoms with Gasteiger partial charge in [0.2, 0.25) is 0 Å². The van der Waals surface area contributed by atoms with Gasteiger partial charge in [-0.1, -0.05) is 54.6 Å². The van der Waals surface area contributed by atoms with E-state index in [1.54, 1.807) is 0 Å². The highest BCUT2D eigenvalue weighted by Crippen LogP contribution is 2.32. The molecule has 23 heavy (non-hydrogen) atoms. The zero-order valence-electron chi connectivity index (χ0n) is 11.7. The molecular formula is C20H15BO2. The Morgan fingerprint density at radius 1 is 0.652 bits per heavy atom. The number of hydrogen-bond donors (Lipinski definition) is 0. The van der Waals surface area contributed by atoms with Gasteiger partial charge in [0.15, 0.2) is 11.6 Å². The van der Waals surface area contributed by atoms with Crippen LogP contribution in [0.4, 0.5) is 0 Å². The second-order valence-electron chi connectivity index (χ2n) is 5.35. The molecule has 0 radical (unpaired) electrons. The number of allylic oxidation sites excluding steroid dienone is 4. The second kappa shape index (κ2) is 5.69. The standard InChI is InChI=1S/C20H12O2.BH3/c21-14-9-11-20(22)19(12-14)17-7-3-6-16-15-5-2-1-4-13(15)8-10-18(16)17;/h1-12H;1H3. The molecule has 0 fully saturated rings. The lowest BCUT2D eigenvalue weighted by Crippen LogP contribution is -2.07. The van der Waals surface area contributed by atoms with Crippen LogP contribution in [0.1, 0.15) is 5.56 Å². The van der Waals surface area contributed by atoms with Gasteiger partial charge in [0.1, 0.15) is 0 Å². The maximum atomic E-state index is 12.1. The normalized spacial score (nSPS) is 14.0. The van der Waals surface area contributed by atoms with Crippen molar-refractivity contribution >= 4 is 47.1 Å². The van der Waals surface area contributed by atoms with E-state index in [2.05, 4.69) is 12.1 Å². The van der Waals surface area contributed by atoms with E-state index < -0.39 is 0 Å². The number of ketones is 2. The van der Waals surface area contributed by atoms with Gasteiger partial charge in [-0.05, 0) is 45.3 Å². The highest BCUT2D eigenvalue weighted by atomic mass is 16.1. The number of hydrogen-bond acceptors (Lipinski definition) is 2. The topological polar surface area (TPSA) is 34.1 Å². The van der Waals surface area contributed by atoms with Gasteiger partial charge in [-0.15, -0.1) is 0 Å². The fraction of sp³-hybridized carbons (Fsp3) is 0. The average molecular weight is 298 g/mol. The van der Waals surface area contributed by atoms with Crippen LogP contribution in [0.2, 0.25) is 0 Å². The highest BCUT2D eigenvalue weighted by molar-refractivity contribution is 6.35. The van der Waals surface area contributed by atoms with Gasteiger partial charge in [0.25, 0.3) is 0 Å². The lowest BCUT2D eigenvalue weighted by molar-refractivity contribution is -0.113. The van der Waals surface area contributed by atoms with Crippen molar-refractivity contribution in [2.75, 3.05) is 0 Å². The Balaban J connectivity index is 0.00000156. The van der Waals surface area contributed by atoms with Gasteiger partial charge in [0, 0.05) is 5.57 Å². The van der Waals surface area contributed by atoms with Gasteiger partial charge in [-0.2, -0.15) is 0 Å². The molecule has 0 heterocycles. The van der Waals surface area contributed by atoms with Crippen LogP contribution < -0.4 is 0 Å². The third kappa shape index (κ3) is 2.40. The summed E-state index contributed by atoms with van der Waals surface area (Å²) in [6.07, 6.45) is 4.08. The smallest absolute Gasteiger partial charge is 0.186 e. The molecule has 0 bridgehead atoms. The fourth-order valence-electron chi connectivity index (χ4n) is 2.99. The summed E-state index contributed by atoms with van der Waals surface area (Å²) in [6, 6.07) is 18.1. The first-order chi connectivity index (χ1) is 10.7. The van der Waals surface area contributed by atoms with Crippen molar-refractivity contribution in [3.05, 3.63) is 78.4 Å². The van der Waals surface area contributed by atoms with Crippen LogP contribution in [0.5, 0.6) is 0 Å². The van der Waals surface area contributed by atoms with Crippen molar-refractivity contribution in [1.29, 1.82) is 0 Å². The van der Waals surface area contributed by atoms with Gasteiger partial charge in [-0.3, -0.25) is 9.59 Å². The Morgan fingerprint density at radius 2 is 1.43 bits per heavy atom. The quantitative estimate of drug-likeness (QED) is 0.393. The molecule has 0 N–H and O–H groups in total. The first kappa shape index (κ1) is 15.0. The molecule has 3 aromatic carbocycles. The molecule has 0 spiro atoms. The molecule has 0 aliphatic heterocycles. The Bertz CT molecular complexity index is 1010. The Morgan fingerprint density at radius 3 is 2.30 bits per heavy atom. The van der Waals surface area contributed by atoms with E-state index >= 15 is 0 Å². The molecule has 3 heteroatoms. The van der Waals surface area contributed by atoms with E-state index in [1.807, 2.05) is 42.5 Å². The molecule has 1 aliphatic rings. The van der Waals surface area contributed by atoms with Crippen LogP contribution in [-0.2, 0) is 9.59 Å². The van der Waals surface area contributed by atoms with Crippen molar-refractivity contribution in [2.45, 2.75) is 0 Å². The van der Waals surface area contributed by atoms with Crippen LogP contribution in [0.15, 0.2) is 72.8 Å². The molecule has 0 saturated carbocycles. The molecule has 0 amide bonds.